The van der Waals surface area contributed by atoms with Crippen LogP contribution in [0.5, 0.6) is 0 Å². The quantitative estimate of drug-likeness (QED) is 0.939. The highest BCUT2D eigenvalue weighted by molar-refractivity contribution is 5.93. The molecule has 2 aromatic rings. The van der Waals surface area contributed by atoms with Gasteiger partial charge in [0.25, 0.3) is 0 Å². The summed E-state index contributed by atoms with van der Waals surface area (Å²) in [4.78, 5) is 18.3. The highest BCUT2D eigenvalue weighted by atomic mass is 16.4. The third-order valence-corrected chi connectivity index (χ3v) is 4.33. The lowest BCUT2D eigenvalue weighted by Crippen LogP contribution is -2.34. The molecule has 0 bridgehead atoms. The lowest BCUT2D eigenvalue weighted by atomic mass is 9.92. The highest BCUT2D eigenvalue weighted by Gasteiger charge is 2.26. The van der Waals surface area contributed by atoms with Crippen molar-refractivity contribution < 1.29 is 9.90 Å². The minimum Gasteiger partial charge on any atom is -0.476 e. The van der Waals surface area contributed by atoms with Crippen LogP contribution in [0.1, 0.15) is 43.1 Å². The number of anilines is 1. The minimum atomic E-state index is -0.917. The Hall–Kier alpha value is -2.04. The van der Waals surface area contributed by atoms with Crippen LogP contribution in [0.2, 0.25) is 0 Å². The van der Waals surface area contributed by atoms with Crippen molar-refractivity contribution >= 4 is 17.4 Å². The predicted octanol–water partition coefficient (Wildman–Crippen LogP) is 3.05. The molecule has 3 heterocycles. The molecule has 0 aliphatic carbocycles. The molecule has 2 aromatic heterocycles. The summed E-state index contributed by atoms with van der Waals surface area (Å²) in [5, 5.41) is 9.53. The van der Waals surface area contributed by atoms with Gasteiger partial charge in [0.2, 0.25) is 0 Å². The van der Waals surface area contributed by atoms with Crippen LogP contribution in [0.15, 0.2) is 24.4 Å². The molecule has 1 fully saturated rings. The topological polar surface area (TPSA) is 57.8 Å². The molecular formula is C16H21N3O2. The Morgan fingerprint density at radius 1 is 1.38 bits per heavy atom. The number of hydrogen-bond donors (Lipinski definition) is 1. The lowest BCUT2D eigenvalue weighted by molar-refractivity contribution is 0.0690. The average Bonchev–Trinajstić information content (AvgIpc) is 2.88. The molecule has 0 radical (unpaired) electrons. The van der Waals surface area contributed by atoms with Crippen molar-refractivity contribution in [1.29, 1.82) is 0 Å². The second-order valence-corrected chi connectivity index (χ2v) is 5.74. The van der Waals surface area contributed by atoms with E-state index in [4.69, 9.17) is 0 Å². The number of piperidine rings is 1. The van der Waals surface area contributed by atoms with Gasteiger partial charge in [-0.1, -0.05) is 25.8 Å². The normalized spacial score (nSPS) is 16.5. The van der Waals surface area contributed by atoms with Gasteiger partial charge >= 0.3 is 5.97 Å². The Kier molecular flexibility index (Phi) is 3.82. The minimum absolute atomic E-state index is 0.277. The zero-order valence-corrected chi connectivity index (χ0v) is 12.3. The van der Waals surface area contributed by atoms with Crippen molar-refractivity contribution in [2.75, 3.05) is 18.0 Å². The van der Waals surface area contributed by atoms with Gasteiger partial charge in [-0.3, -0.25) is 4.40 Å². The summed E-state index contributed by atoms with van der Waals surface area (Å²) < 4.78 is 1.66. The van der Waals surface area contributed by atoms with Crippen molar-refractivity contribution in [1.82, 2.24) is 9.38 Å². The van der Waals surface area contributed by atoms with Gasteiger partial charge in [0, 0.05) is 19.3 Å². The van der Waals surface area contributed by atoms with E-state index < -0.39 is 5.97 Å². The average molecular weight is 287 g/mol. The number of pyridine rings is 1. The molecule has 21 heavy (non-hydrogen) atoms. The first kappa shape index (κ1) is 13.9. The Bertz CT molecular complexity index is 642. The molecule has 0 saturated carbocycles. The fraction of sp³-hybridized carbons (Fsp3) is 0.500. The van der Waals surface area contributed by atoms with Crippen LogP contribution >= 0.6 is 0 Å². The molecule has 112 valence electrons. The number of rotatable bonds is 4. The lowest BCUT2D eigenvalue weighted by Gasteiger charge is -2.32. The molecule has 1 aliphatic rings. The molecule has 5 nitrogen and oxygen atoms in total. The Morgan fingerprint density at radius 3 is 2.81 bits per heavy atom. The maximum atomic E-state index is 11.6. The zero-order chi connectivity index (χ0) is 14.8. The van der Waals surface area contributed by atoms with Gasteiger partial charge in [-0.25, -0.2) is 9.78 Å². The van der Waals surface area contributed by atoms with Gasteiger partial charge < -0.3 is 10.0 Å². The molecule has 0 atom stereocenters. The predicted molar refractivity (Wildman–Crippen MR) is 82.0 cm³/mol. The zero-order valence-electron chi connectivity index (χ0n) is 12.3. The Labute approximate surface area is 124 Å². The number of carboxylic acid groups (broad SMARTS) is 1. The van der Waals surface area contributed by atoms with Crippen LogP contribution in [0.4, 0.5) is 5.82 Å². The monoisotopic (exact) mass is 287 g/mol. The second-order valence-electron chi connectivity index (χ2n) is 5.74. The summed E-state index contributed by atoms with van der Waals surface area (Å²) >= 11 is 0. The molecule has 3 rings (SSSR count). The number of hydrogen-bond acceptors (Lipinski definition) is 3. The van der Waals surface area contributed by atoms with Gasteiger partial charge in [0.15, 0.2) is 11.5 Å². The van der Waals surface area contributed by atoms with E-state index in [1.54, 1.807) is 10.6 Å². The molecular weight excluding hydrogens is 266 g/mol. The van der Waals surface area contributed by atoms with Gasteiger partial charge in [0.05, 0.1) is 0 Å². The fourth-order valence-electron chi connectivity index (χ4n) is 3.24. The number of imidazole rings is 1. The van der Waals surface area contributed by atoms with Crippen molar-refractivity contribution in [3.63, 3.8) is 0 Å². The third-order valence-electron chi connectivity index (χ3n) is 4.33. The number of carbonyl (C=O) groups is 1. The second kappa shape index (κ2) is 5.76. The summed E-state index contributed by atoms with van der Waals surface area (Å²) in [6.45, 7) is 4.01. The number of aromatic carboxylic acids is 1. The molecule has 0 unspecified atom stereocenters. The van der Waals surface area contributed by atoms with E-state index in [-0.39, 0.29) is 5.69 Å². The van der Waals surface area contributed by atoms with Crippen molar-refractivity contribution in [3.8, 4) is 0 Å². The van der Waals surface area contributed by atoms with Crippen molar-refractivity contribution in [2.24, 2.45) is 5.92 Å². The molecule has 0 aromatic carbocycles. The molecule has 0 amide bonds. The van der Waals surface area contributed by atoms with E-state index in [1.165, 1.54) is 12.8 Å². The first-order valence-corrected chi connectivity index (χ1v) is 7.66. The summed E-state index contributed by atoms with van der Waals surface area (Å²) in [6, 6.07) is 5.56. The van der Waals surface area contributed by atoms with Crippen molar-refractivity contribution in [2.45, 2.75) is 32.6 Å². The van der Waals surface area contributed by atoms with E-state index in [2.05, 4.69) is 16.8 Å². The molecule has 1 aliphatic heterocycles. The summed E-state index contributed by atoms with van der Waals surface area (Å²) in [5.41, 5.74) is 0.972. The van der Waals surface area contributed by atoms with E-state index in [0.29, 0.717) is 11.5 Å². The number of fused-ring (bicyclic) bond motifs is 1. The number of nitrogens with zero attached hydrogens (tertiary/aromatic N) is 3. The van der Waals surface area contributed by atoms with E-state index in [1.807, 2.05) is 18.2 Å². The van der Waals surface area contributed by atoms with E-state index in [9.17, 15) is 9.90 Å². The van der Waals surface area contributed by atoms with Gasteiger partial charge in [-0.2, -0.15) is 0 Å². The van der Waals surface area contributed by atoms with Crippen molar-refractivity contribution in [3.05, 3.63) is 30.1 Å². The largest absolute Gasteiger partial charge is 0.476 e. The standard InChI is InChI=1S/C16H21N3O2/c1-2-5-12-7-10-18(11-8-12)15-14(16(20)21)19-9-4-3-6-13(19)17-15/h3-4,6,9,12H,2,5,7-8,10-11H2,1H3,(H,20,21). The van der Waals surface area contributed by atoms with Crippen LogP contribution in [0.3, 0.4) is 0 Å². The molecule has 1 N–H and O–H groups in total. The summed E-state index contributed by atoms with van der Waals surface area (Å²) in [5.74, 6) is 0.472. The van der Waals surface area contributed by atoms with Crippen LogP contribution in [-0.4, -0.2) is 33.6 Å². The van der Waals surface area contributed by atoms with Crippen LogP contribution in [0, 0.1) is 5.92 Å². The SMILES string of the molecule is CCCC1CCN(c2nc3ccccn3c2C(=O)O)CC1. The highest BCUT2D eigenvalue weighted by Crippen LogP contribution is 2.28. The first-order valence-electron chi connectivity index (χ1n) is 7.66. The molecule has 1 saturated heterocycles. The van der Waals surface area contributed by atoms with Gasteiger partial charge in [-0.05, 0) is 30.9 Å². The summed E-state index contributed by atoms with van der Waals surface area (Å²) in [7, 11) is 0. The van der Waals surface area contributed by atoms with Crippen LogP contribution in [-0.2, 0) is 0 Å². The third kappa shape index (κ3) is 2.60. The Balaban J connectivity index is 1.90. The van der Waals surface area contributed by atoms with Crippen LogP contribution < -0.4 is 4.90 Å². The van der Waals surface area contributed by atoms with Gasteiger partial charge in [0.1, 0.15) is 5.65 Å². The molecule has 5 heteroatoms. The fourth-order valence-corrected chi connectivity index (χ4v) is 3.24. The van der Waals surface area contributed by atoms with E-state index >= 15 is 0 Å². The first-order chi connectivity index (χ1) is 10.2. The maximum Gasteiger partial charge on any atom is 0.356 e. The van der Waals surface area contributed by atoms with Crippen LogP contribution in [0.25, 0.3) is 5.65 Å². The number of carboxylic acids is 1. The maximum absolute atomic E-state index is 11.6. The molecule has 0 spiro atoms. The van der Waals surface area contributed by atoms with Gasteiger partial charge in [-0.15, -0.1) is 0 Å². The smallest absolute Gasteiger partial charge is 0.356 e. The Morgan fingerprint density at radius 2 is 2.14 bits per heavy atom. The summed E-state index contributed by atoms with van der Waals surface area (Å²) in [6.07, 6.45) is 6.50. The number of aromatic nitrogens is 2. The van der Waals surface area contributed by atoms with E-state index in [0.717, 1.165) is 31.8 Å².